The molecule has 0 saturated carbocycles. The molecule has 4 nitrogen and oxygen atoms in total. The zero-order valence-electron chi connectivity index (χ0n) is 11.0. The Labute approximate surface area is 117 Å². The molecule has 102 valence electrons. The van der Waals surface area contributed by atoms with Crippen molar-refractivity contribution in [2.24, 2.45) is 0 Å². The van der Waals surface area contributed by atoms with Gasteiger partial charge in [-0.2, -0.15) is 0 Å². The van der Waals surface area contributed by atoms with Crippen molar-refractivity contribution < 1.29 is 9.90 Å². The minimum absolute atomic E-state index is 0.0901. The predicted molar refractivity (Wildman–Crippen MR) is 77.9 cm³/mol. The van der Waals surface area contributed by atoms with Gasteiger partial charge >= 0.3 is 0 Å². The second-order valence-corrected chi connectivity index (χ2v) is 4.91. The molecule has 1 aliphatic rings. The highest BCUT2D eigenvalue weighted by molar-refractivity contribution is 6.04. The van der Waals surface area contributed by atoms with E-state index in [1.165, 1.54) is 17.2 Å². The maximum absolute atomic E-state index is 12.1. The topological polar surface area (TPSA) is 61.4 Å². The molecule has 4 heteroatoms. The van der Waals surface area contributed by atoms with Crippen LogP contribution in [0.4, 0.5) is 5.69 Å². The second kappa shape index (κ2) is 5.35. The van der Waals surface area contributed by atoms with E-state index in [0.717, 1.165) is 25.2 Å². The molecule has 1 amide bonds. The van der Waals surface area contributed by atoms with Gasteiger partial charge in [0, 0.05) is 17.8 Å². The van der Waals surface area contributed by atoms with Crippen LogP contribution in [-0.4, -0.2) is 17.6 Å². The Kier molecular flexibility index (Phi) is 3.39. The molecule has 2 aromatic rings. The van der Waals surface area contributed by atoms with Gasteiger partial charge in [-0.15, -0.1) is 0 Å². The molecule has 0 aromatic heterocycles. The molecule has 0 radical (unpaired) electrons. The average Bonchev–Trinajstić information content (AvgIpc) is 2.47. The molecule has 0 saturated heterocycles. The number of phenolic OH excluding ortho intramolecular Hbond substituents is 1. The number of aromatic hydroxyl groups is 1. The molecule has 3 N–H and O–H groups in total. The van der Waals surface area contributed by atoms with Crippen LogP contribution in [0.5, 0.6) is 5.75 Å². The van der Waals surface area contributed by atoms with Crippen LogP contribution in [0.1, 0.15) is 21.5 Å². The summed E-state index contributed by atoms with van der Waals surface area (Å²) in [5.74, 6) is -0.128. The Morgan fingerprint density at radius 2 is 2.05 bits per heavy atom. The van der Waals surface area contributed by atoms with Crippen molar-refractivity contribution in [3.05, 3.63) is 59.2 Å². The average molecular weight is 268 g/mol. The number of carbonyl (C=O) groups excluding carboxylic acids is 1. The van der Waals surface area contributed by atoms with Gasteiger partial charge in [0.05, 0.1) is 0 Å². The van der Waals surface area contributed by atoms with Crippen LogP contribution in [0, 0.1) is 0 Å². The second-order valence-electron chi connectivity index (χ2n) is 4.91. The molecule has 0 spiro atoms. The number of phenols is 1. The summed E-state index contributed by atoms with van der Waals surface area (Å²) < 4.78 is 0. The first kappa shape index (κ1) is 12.7. The SMILES string of the molecule is O=C(Nc1ccc2c(c1)CNCC2)c1cccc(O)c1. The lowest BCUT2D eigenvalue weighted by Gasteiger charge is -2.18. The number of hydrogen-bond acceptors (Lipinski definition) is 3. The van der Waals surface area contributed by atoms with Gasteiger partial charge < -0.3 is 15.7 Å². The van der Waals surface area contributed by atoms with E-state index in [9.17, 15) is 9.90 Å². The number of anilines is 1. The molecule has 20 heavy (non-hydrogen) atoms. The van der Waals surface area contributed by atoms with E-state index in [-0.39, 0.29) is 11.7 Å². The standard InChI is InChI=1S/C16H16N2O2/c19-15-3-1-2-12(9-15)16(20)18-14-5-4-11-6-7-17-10-13(11)8-14/h1-5,8-9,17,19H,6-7,10H2,(H,18,20). The highest BCUT2D eigenvalue weighted by atomic mass is 16.3. The molecule has 0 bridgehead atoms. The van der Waals surface area contributed by atoms with Gasteiger partial charge in [0.25, 0.3) is 5.91 Å². The normalized spacial score (nSPS) is 13.6. The molecule has 1 aliphatic heterocycles. The van der Waals surface area contributed by atoms with E-state index in [4.69, 9.17) is 0 Å². The summed E-state index contributed by atoms with van der Waals surface area (Å²) in [4.78, 5) is 12.1. The van der Waals surface area contributed by atoms with Crippen molar-refractivity contribution in [1.29, 1.82) is 0 Å². The largest absolute Gasteiger partial charge is 0.508 e. The first-order valence-corrected chi connectivity index (χ1v) is 6.65. The van der Waals surface area contributed by atoms with Crippen LogP contribution in [-0.2, 0) is 13.0 Å². The van der Waals surface area contributed by atoms with Crippen molar-refractivity contribution in [2.75, 3.05) is 11.9 Å². The third kappa shape index (κ3) is 2.65. The van der Waals surface area contributed by atoms with Crippen LogP contribution in [0.15, 0.2) is 42.5 Å². The van der Waals surface area contributed by atoms with E-state index >= 15 is 0 Å². The molecule has 2 aromatic carbocycles. The summed E-state index contributed by atoms with van der Waals surface area (Å²) in [6.07, 6.45) is 1.02. The molecular formula is C16H16N2O2. The number of amides is 1. The van der Waals surface area contributed by atoms with E-state index in [1.807, 2.05) is 12.1 Å². The molecule has 1 heterocycles. The number of benzene rings is 2. The number of hydrogen-bond donors (Lipinski definition) is 3. The highest BCUT2D eigenvalue weighted by Gasteiger charge is 2.11. The maximum atomic E-state index is 12.1. The highest BCUT2D eigenvalue weighted by Crippen LogP contribution is 2.20. The van der Waals surface area contributed by atoms with Gasteiger partial charge in [0.1, 0.15) is 5.75 Å². The molecule has 3 rings (SSSR count). The van der Waals surface area contributed by atoms with Crippen molar-refractivity contribution in [1.82, 2.24) is 5.32 Å². The molecular weight excluding hydrogens is 252 g/mol. The third-order valence-corrected chi connectivity index (χ3v) is 3.46. The number of carbonyl (C=O) groups is 1. The summed E-state index contributed by atoms with van der Waals surface area (Å²) in [7, 11) is 0. The van der Waals surface area contributed by atoms with Crippen molar-refractivity contribution >= 4 is 11.6 Å². The van der Waals surface area contributed by atoms with Gasteiger partial charge in [-0.05, 0) is 54.4 Å². The molecule has 0 fully saturated rings. The summed E-state index contributed by atoms with van der Waals surface area (Å²) in [5, 5.41) is 15.6. The Balaban J connectivity index is 1.79. The lowest BCUT2D eigenvalue weighted by atomic mass is 10.0. The quantitative estimate of drug-likeness (QED) is 0.783. The zero-order valence-corrected chi connectivity index (χ0v) is 11.0. The summed E-state index contributed by atoms with van der Waals surface area (Å²) in [6.45, 7) is 1.84. The minimum Gasteiger partial charge on any atom is -0.508 e. The van der Waals surface area contributed by atoms with Crippen molar-refractivity contribution in [2.45, 2.75) is 13.0 Å². The molecule has 0 aliphatic carbocycles. The zero-order chi connectivity index (χ0) is 13.9. The van der Waals surface area contributed by atoms with Crippen molar-refractivity contribution in [3.63, 3.8) is 0 Å². The van der Waals surface area contributed by atoms with Gasteiger partial charge in [-0.1, -0.05) is 12.1 Å². The van der Waals surface area contributed by atoms with E-state index in [0.29, 0.717) is 5.56 Å². The number of nitrogens with one attached hydrogen (secondary N) is 2. The maximum Gasteiger partial charge on any atom is 0.255 e. The van der Waals surface area contributed by atoms with Crippen LogP contribution >= 0.6 is 0 Å². The van der Waals surface area contributed by atoms with Crippen LogP contribution < -0.4 is 10.6 Å². The summed E-state index contributed by atoms with van der Waals surface area (Å²) >= 11 is 0. The smallest absolute Gasteiger partial charge is 0.255 e. The fraction of sp³-hybridized carbons (Fsp3) is 0.188. The number of rotatable bonds is 2. The van der Waals surface area contributed by atoms with Gasteiger partial charge in [-0.3, -0.25) is 4.79 Å². The minimum atomic E-state index is -0.218. The van der Waals surface area contributed by atoms with Crippen LogP contribution in [0.25, 0.3) is 0 Å². The van der Waals surface area contributed by atoms with Gasteiger partial charge in [0.15, 0.2) is 0 Å². The van der Waals surface area contributed by atoms with Gasteiger partial charge in [0.2, 0.25) is 0 Å². The van der Waals surface area contributed by atoms with E-state index in [1.54, 1.807) is 18.2 Å². The fourth-order valence-electron chi connectivity index (χ4n) is 2.41. The van der Waals surface area contributed by atoms with E-state index < -0.39 is 0 Å². The Morgan fingerprint density at radius 1 is 1.15 bits per heavy atom. The Morgan fingerprint density at radius 3 is 2.90 bits per heavy atom. The monoisotopic (exact) mass is 268 g/mol. The Hall–Kier alpha value is -2.33. The van der Waals surface area contributed by atoms with Crippen molar-refractivity contribution in [3.8, 4) is 5.75 Å². The predicted octanol–water partition coefficient (Wildman–Crippen LogP) is 2.29. The molecule has 0 unspecified atom stereocenters. The number of fused-ring (bicyclic) bond motifs is 1. The third-order valence-electron chi connectivity index (χ3n) is 3.46. The first-order valence-electron chi connectivity index (χ1n) is 6.65. The Bertz CT molecular complexity index is 653. The lowest BCUT2D eigenvalue weighted by Crippen LogP contribution is -2.23. The summed E-state index contributed by atoms with van der Waals surface area (Å²) in [5.41, 5.74) is 3.78. The fourth-order valence-corrected chi connectivity index (χ4v) is 2.41. The lowest BCUT2D eigenvalue weighted by molar-refractivity contribution is 0.102. The first-order chi connectivity index (χ1) is 9.72. The molecule has 0 atom stereocenters. The van der Waals surface area contributed by atoms with Crippen LogP contribution in [0.3, 0.4) is 0 Å². The van der Waals surface area contributed by atoms with Crippen LogP contribution in [0.2, 0.25) is 0 Å². The van der Waals surface area contributed by atoms with E-state index in [2.05, 4.69) is 16.7 Å². The van der Waals surface area contributed by atoms with Gasteiger partial charge in [-0.25, -0.2) is 0 Å². The summed E-state index contributed by atoms with van der Waals surface area (Å²) in [6, 6.07) is 12.3.